The molecule has 1 aromatic carbocycles. The predicted molar refractivity (Wildman–Crippen MR) is 105 cm³/mol. The number of sulfonamides is 1. The van der Waals surface area contributed by atoms with E-state index < -0.39 is 10.0 Å². The lowest BCUT2D eigenvalue weighted by Crippen LogP contribution is -2.44. The Morgan fingerprint density at radius 1 is 1.12 bits per heavy atom. The molecule has 1 aromatic rings. The van der Waals surface area contributed by atoms with Gasteiger partial charge in [-0.2, -0.15) is 4.31 Å². The highest BCUT2D eigenvalue weighted by atomic mass is 32.2. The maximum absolute atomic E-state index is 12.9. The molecule has 1 unspecified atom stereocenters. The second-order valence-electron chi connectivity index (χ2n) is 7.07. The van der Waals surface area contributed by atoms with Gasteiger partial charge in [0.2, 0.25) is 15.9 Å². The average molecular weight is 381 g/mol. The van der Waals surface area contributed by atoms with Gasteiger partial charge in [0, 0.05) is 32.1 Å². The summed E-state index contributed by atoms with van der Waals surface area (Å²) in [5.74, 6) is 0.521. The zero-order valence-corrected chi connectivity index (χ0v) is 17.3. The Morgan fingerprint density at radius 2 is 1.65 bits per heavy atom. The maximum atomic E-state index is 12.9. The predicted octanol–water partition coefficient (Wildman–Crippen LogP) is 3.47. The average Bonchev–Trinajstić information content (AvgIpc) is 2.68. The quantitative estimate of drug-likeness (QED) is 0.728. The summed E-state index contributed by atoms with van der Waals surface area (Å²) in [4.78, 5) is 14.7. The van der Waals surface area contributed by atoms with Crippen molar-refractivity contribution in [1.29, 1.82) is 0 Å². The van der Waals surface area contributed by atoms with Crippen LogP contribution in [0.25, 0.3) is 0 Å². The van der Waals surface area contributed by atoms with Gasteiger partial charge >= 0.3 is 0 Å². The SMILES string of the molecule is CCC(C)c1ccc(S(=O)(=O)N2CCC(C(=O)N(CC)CC)CC2)cc1. The van der Waals surface area contributed by atoms with E-state index in [9.17, 15) is 13.2 Å². The Morgan fingerprint density at radius 3 is 2.12 bits per heavy atom. The van der Waals surface area contributed by atoms with Gasteiger partial charge in [0.1, 0.15) is 0 Å². The number of piperidine rings is 1. The molecule has 1 fully saturated rings. The van der Waals surface area contributed by atoms with E-state index in [0.717, 1.165) is 12.0 Å². The van der Waals surface area contributed by atoms with E-state index in [4.69, 9.17) is 0 Å². The minimum atomic E-state index is -3.48. The highest BCUT2D eigenvalue weighted by molar-refractivity contribution is 7.89. The van der Waals surface area contributed by atoms with Crippen molar-refractivity contribution in [1.82, 2.24) is 9.21 Å². The molecule has 1 saturated heterocycles. The third-order valence-electron chi connectivity index (χ3n) is 5.58. The molecule has 0 aliphatic carbocycles. The highest BCUT2D eigenvalue weighted by Crippen LogP contribution is 2.26. The summed E-state index contributed by atoms with van der Waals surface area (Å²) >= 11 is 0. The van der Waals surface area contributed by atoms with E-state index in [2.05, 4.69) is 13.8 Å². The van der Waals surface area contributed by atoms with Gasteiger partial charge in [0.05, 0.1) is 4.90 Å². The molecule has 6 heteroatoms. The van der Waals surface area contributed by atoms with Crippen molar-refractivity contribution in [3.05, 3.63) is 29.8 Å². The van der Waals surface area contributed by atoms with Crippen molar-refractivity contribution in [2.75, 3.05) is 26.2 Å². The Balaban J connectivity index is 2.04. The van der Waals surface area contributed by atoms with Gasteiger partial charge in [0.25, 0.3) is 0 Å². The van der Waals surface area contributed by atoms with Crippen molar-refractivity contribution in [3.8, 4) is 0 Å². The molecule has 1 heterocycles. The van der Waals surface area contributed by atoms with Gasteiger partial charge in [0.15, 0.2) is 0 Å². The van der Waals surface area contributed by atoms with Crippen LogP contribution in [-0.4, -0.2) is 49.7 Å². The molecular formula is C20H32N2O3S. The molecule has 2 rings (SSSR count). The van der Waals surface area contributed by atoms with Crippen LogP contribution in [-0.2, 0) is 14.8 Å². The number of carbonyl (C=O) groups is 1. The van der Waals surface area contributed by atoms with Crippen molar-refractivity contribution in [3.63, 3.8) is 0 Å². The van der Waals surface area contributed by atoms with Crippen LogP contribution in [0.3, 0.4) is 0 Å². The third kappa shape index (κ3) is 4.46. The Labute approximate surface area is 158 Å². The summed E-state index contributed by atoms with van der Waals surface area (Å²) in [6.07, 6.45) is 2.22. The fraction of sp³-hybridized carbons (Fsp3) is 0.650. The highest BCUT2D eigenvalue weighted by Gasteiger charge is 2.33. The van der Waals surface area contributed by atoms with Gasteiger partial charge in [-0.15, -0.1) is 0 Å². The fourth-order valence-corrected chi connectivity index (χ4v) is 4.96. The van der Waals surface area contributed by atoms with Gasteiger partial charge < -0.3 is 4.90 Å². The lowest BCUT2D eigenvalue weighted by molar-refractivity contribution is -0.136. The molecule has 1 amide bonds. The largest absolute Gasteiger partial charge is 0.343 e. The van der Waals surface area contributed by atoms with Crippen LogP contribution in [0.5, 0.6) is 0 Å². The number of benzene rings is 1. The summed E-state index contributed by atoms with van der Waals surface area (Å²) in [7, 11) is -3.48. The van der Waals surface area contributed by atoms with Crippen molar-refractivity contribution >= 4 is 15.9 Å². The molecular weight excluding hydrogens is 348 g/mol. The van der Waals surface area contributed by atoms with Gasteiger partial charge in [-0.1, -0.05) is 26.0 Å². The summed E-state index contributed by atoms with van der Waals surface area (Å²) in [5, 5.41) is 0. The molecule has 0 aromatic heterocycles. The minimum absolute atomic E-state index is 0.0610. The maximum Gasteiger partial charge on any atom is 0.243 e. The molecule has 0 saturated carbocycles. The van der Waals surface area contributed by atoms with E-state index >= 15 is 0 Å². The standard InChI is InChI=1S/C20H32N2O3S/c1-5-16(4)17-8-10-19(11-9-17)26(24,25)22-14-12-18(13-15-22)20(23)21(6-2)7-3/h8-11,16,18H,5-7,12-15H2,1-4H3. The third-order valence-corrected chi connectivity index (χ3v) is 7.49. The lowest BCUT2D eigenvalue weighted by Gasteiger charge is -2.33. The fourth-order valence-electron chi connectivity index (χ4n) is 3.49. The van der Waals surface area contributed by atoms with Crippen LogP contribution < -0.4 is 0 Å². The second-order valence-corrected chi connectivity index (χ2v) is 9.01. The molecule has 1 atom stereocenters. The lowest BCUT2D eigenvalue weighted by atomic mass is 9.96. The molecule has 0 N–H and O–H groups in total. The van der Waals surface area contributed by atoms with Crippen molar-refractivity contribution in [2.24, 2.45) is 5.92 Å². The Bertz CT molecular complexity index is 688. The van der Waals surface area contributed by atoms with E-state index in [1.165, 1.54) is 4.31 Å². The minimum Gasteiger partial charge on any atom is -0.343 e. The zero-order valence-electron chi connectivity index (χ0n) is 16.4. The molecule has 1 aliphatic heterocycles. The molecule has 5 nitrogen and oxygen atoms in total. The van der Waals surface area contributed by atoms with Crippen LogP contribution >= 0.6 is 0 Å². The first-order valence-electron chi connectivity index (χ1n) is 9.73. The summed E-state index contributed by atoms with van der Waals surface area (Å²) in [5.41, 5.74) is 1.16. The summed E-state index contributed by atoms with van der Waals surface area (Å²) < 4.78 is 27.3. The second kappa shape index (κ2) is 9.00. The molecule has 0 spiro atoms. The van der Waals surface area contributed by atoms with E-state index in [-0.39, 0.29) is 11.8 Å². The van der Waals surface area contributed by atoms with Gasteiger partial charge in [-0.25, -0.2) is 8.42 Å². The zero-order chi connectivity index (χ0) is 19.3. The summed E-state index contributed by atoms with van der Waals surface area (Å²) in [6.45, 7) is 10.4. The van der Waals surface area contributed by atoms with E-state index in [1.807, 2.05) is 30.9 Å². The first-order valence-corrected chi connectivity index (χ1v) is 11.2. The number of hydrogen-bond acceptors (Lipinski definition) is 3. The molecule has 1 aliphatic rings. The Kier molecular flexibility index (Phi) is 7.24. The van der Waals surface area contributed by atoms with E-state index in [1.54, 1.807) is 12.1 Å². The number of amides is 1. The van der Waals surface area contributed by atoms with Crippen molar-refractivity contribution in [2.45, 2.75) is 57.8 Å². The van der Waals surface area contributed by atoms with Crippen LogP contribution in [0.15, 0.2) is 29.2 Å². The normalized spacial score (nSPS) is 17.8. The van der Waals surface area contributed by atoms with Crippen LogP contribution in [0.2, 0.25) is 0 Å². The monoisotopic (exact) mass is 380 g/mol. The molecule has 26 heavy (non-hydrogen) atoms. The number of carbonyl (C=O) groups excluding carboxylic acids is 1. The smallest absolute Gasteiger partial charge is 0.243 e. The topological polar surface area (TPSA) is 57.7 Å². The number of nitrogens with zero attached hydrogens (tertiary/aromatic N) is 2. The van der Waals surface area contributed by atoms with Gasteiger partial charge in [-0.05, 0) is 56.7 Å². The van der Waals surface area contributed by atoms with Gasteiger partial charge in [-0.3, -0.25) is 4.79 Å². The summed E-state index contributed by atoms with van der Waals surface area (Å²) in [6, 6.07) is 7.25. The number of hydrogen-bond donors (Lipinski definition) is 0. The van der Waals surface area contributed by atoms with Crippen LogP contribution in [0, 0.1) is 5.92 Å². The van der Waals surface area contributed by atoms with Crippen LogP contribution in [0.4, 0.5) is 0 Å². The molecule has 0 radical (unpaired) electrons. The molecule has 0 bridgehead atoms. The first kappa shape index (κ1) is 20.9. The van der Waals surface area contributed by atoms with Crippen molar-refractivity contribution < 1.29 is 13.2 Å². The number of rotatable bonds is 7. The Hall–Kier alpha value is -1.40. The van der Waals surface area contributed by atoms with E-state index in [0.29, 0.717) is 49.8 Å². The molecule has 146 valence electrons. The first-order chi connectivity index (χ1) is 12.3. The van der Waals surface area contributed by atoms with Crippen LogP contribution in [0.1, 0.15) is 58.4 Å².